The van der Waals surface area contributed by atoms with Crippen LogP contribution in [0.5, 0.6) is 5.75 Å². The molecule has 18 heavy (non-hydrogen) atoms. The van der Waals surface area contributed by atoms with Crippen LogP contribution < -0.4 is 10.5 Å². The molecule has 0 atom stereocenters. The number of nitrogens with zero attached hydrogens (tertiary/aromatic N) is 1. The minimum absolute atomic E-state index is 0.418. The van der Waals surface area contributed by atoms with Gasteiger partial charge < -0.3 is 15.4 Å². The molecule has 0 spiro atoms. The van der Waals surface area contributed by atoms with E-state index in [1.54, 1.807) is 0 Å². The summed E-state index contributed by atoms with van der Waals surface area (Å²) in [6, 6.07) is 5.68. The van der Waals surface area contributed by atoms with Gasteiger partial charge in [-0.05, 0) is 44.5 Å². The van der Waals surface area contributed by atoms with Crippen LogP contribution in [-0.2, 0) is 6.54 Å². The third kappa shape index (κ3) is 3.61. The third-order valence-corrected chi connectivity index (χ3v) is 3.71. The maximum atomic E-state index is 6.08. The molecule has 1 aromatic rings. The smallest absolute Gasteiger partial charge is 0.125 e. The van der Waals surface area contributed by atoms with Crippen molar-refractivity contribution >= 4 is 11.6 Å². The van der Waals surface area contributed by atoms with Gasteiger partial charge in [0, 0.05) is 23.7 Å². The number of hydrogen-bond acceptors (Lipinski definition) is 3. The van der Waals surface area contributed by atoms with Crippen LogP contribution in [0.4, 0.5) is 0 Å². The second-order valence-corrected chi connectivity index (χ2v) is 5.08. The van der Waals surface area contributed by atoms with Crippen molar-refractivity contribution in [1.29, 1.82) is 0 Å². The van der Waals surface area contributed by atoms with E-state index < -0.39 is 0 Å². The second-order valence-electron chi connectivity index (χ2n) is 4.67. The summed E-state index contributed by atoms with van der Waals surface area (Å²) < 4.78 is 5.78. The zero-order chi connectivity index (χ0) is 12.8. The Kier molecular flexibility index (Phi) is 5.29. The van der Waals surface area contributed by atoms with Gasteiger partial charge in [-0.1, -0.05) is 17.7 Å². The van der Waals surface area contributed by atoms with Crippen LogP contribution >= 0.6 is 11.6 Å². The number of likely N-dealkylation sites (tertiary alicyclic amines) is 1. The van der Waals surface area contributed by atoms with Crippen molar-refractivity contribution in [3.05, 3.63) is 28.8 Å². The molecule has 3 nitrogen and oxygen atoms in total. The van der Waals surface area contributed by atoms with Crippen molar-refractivity contribution < 1.29 is 4.74 Å². The topological polar surface area (TPSA) is 38.5 Å². The van der Waals surface area contributed by atoms with E-state index in [-0.39, 0.29) is 0 Å². The molecule has 1 aliphatic heterocycles. The van der Waals surface area contributed by atoms with E-state index in [9.17, 15) is 0 Å². The Morgan fingerprint density at radius 1 is 1.28 bits per heavy atom. The van der Waals surface area contributed by atoms with E-state index in [0.717, 1.165) is 30.9 Å². The summed E-state index contributed by atoms with van der Waals surface area (Å²) in [5.41, 5.74) is 6.59. The highest BCUT2D eigenvalue weighted by atomic mass is 35.5. The molecule has 0 radical (unpaired) electrons. The largest absolute Gasteiger partial charge is 0.493 e. The lowest BCUT2D eigenvalue weighted by atomic mass is 10.2. The van der Waals surface area contributed by atoms with Gasteiger partial charge in [-0.3, -0.25) is 0 Å². The predicted molar refractivity (Wildman–Crippen MR) is 75.1 cm³/mol. The molecule has 2 N–H and O–H groups in total. The van der Waals surface area contributed by atoms with E-state index in [4.69, 9.17) is 22.1 Å². The van der Waals surface area contributed by atoms with Gasteiger partial charge in [-0.25, -0.2) is 0 Å². The van der Waals surface area contributed by atoms with Crippen molar-refractivity contribution in [2.75, 3.05) is 26.2 Å². The van der Waals surface area contributed by atoms with Gasteiger partial charge in [-0.15, -0.1) is 0 Å². The number of halogens is 1. The molecule has 0 saturated carbocycles. The van der Waals surface area contributed by atoms with Crippen LogP contribution in [0.2, 0.25) is 5.02 Å². The van der Waals surface area contributed by atoms with Gasteiger partial charge in [-0.2, -0.15) is 0 Å². The molecule has 1 aliphatic rings. The fourth-order valence-corrected chi connectivity index (χ4v) is 2.59. The monoisotopic (exact) mass is 268 g/mol. The van der Waals surface area contributed by atoms with Crippen molar-refractivity contribution in [1.82, 2.24) is 4.90 Å². The molecule has 0 amide bonds. The van der Waals surface area contributed by atoms with Crippen LogP contribution in [0.3, 0.4) is 0 Å². The van der Waals surface area contributed by atoms with Crippen molar-refractivity contribution in [2.45, 2.75) is 25.8 Å². The average molecular weight is 269 g/mol. The Bertz CT molecular complexity index is 378. The Labute approximate surface area is 114 Å². The van der Waals surface area contributed by atoms with Crippen molar-refractivity contribution in [3.63, 3.8) is 0 Å². The van der Waals surface area contributed by atoms with E-state index in [2.05, 4.69) is 4.90 Å². The Morgan fingerprint density at radius 2 is 2.06 bits per heavy atom. The van der Waals surface area contributed by atoms with Crippen LogP contribution in [0.25, 0.3) is 0 Å². The van der Waals surface area contributed by atoms with Crippen LogP contribution in [0.15, 0.2) is 18.2 Å². The molecule has 1 heterocycles. The molecule has 100 valence electrons. The summed E-state index contributed by atoms with van der Waals surface area (Å²) >= 11 is 6.08. The molecular weight excluding hydrogens is 248 g/mol. The summed E-state index contributed by atoms with van der Waals surface area (Å²) in [5, 5.41) is 0.689. The fraction of sp³-hybridized carbons (Fsp3) is 0.571. The first-order valence-corrected chi connectivity index (χ1v) is 7.01. The molecule has 0 aromatic heterocycles. The van der Waals surface area contributed by atoms with E-state index in [1.165, 1.54) is 25.9 Å². The molecule has 1 saturated heterocycles. The lowest BCUT2D eigenvalue weighted by molar-refractivity contribution is 0.262. The minimum Gasteiger partial charge on any atom is -0.493 e. The molecule has 0 unspecified atom stereocenters. The highest BCUT2D eigenvalue weighted by molar-refractivity contribution is 6.31. The lowest BCUT2D eigenvalue weighted by Gasteiger charge is -2.15. The first-order chi connectivity index (χ1) is 8.81. The van der Waals surface area contributed by atoms with E-state index >= 15 is 0 Å². The second kappa shape index (κ2) is 6.98. The average Bonchev–Trinajstić information content (AvgIpc) is 2.88. The molecule has 1 fully saturated rings. The lowest BCUT2D eigenvalue weighted by Crippen LogP contribution is -2.22. The molecule has 2 rings (SSSR count). The number of hydrogen-bond donors (Lipinski definition) is 1. The summed E-state index contributed by atoms with van der Waals surface area (Å²) in [4.78, 5) is 2.49. The zero-order valence-corrected chi connectivity index (χ0v) is 11.5. The van der Waals surface area contributed by atoms with Gasteiger partial charge >= 0.3 is 0 Å². The normalized spacial score (nSPS) is 16.1. The number of rotatable bonds is 6. The first-order valence-electron chi connectivity index (χ1n) is 6.64. The standard InChI is InChI=1S/C14H21ClN2O/c15-13-5-3-6-14(12(13)11-16)18-10-4-9-17-7-1-2-8-17/h3,5-6H,1-2,4,7-11,16H2. The van der Waals surface area contributed by atoms with Crippen molar-refractivity contribution in [2.24, 2.45) is 5.73 Å². The summed E-state index contributed by atoms with van der Waals surface area (Å²) in [6.07, 6.45) is 3.73. The maximum absolute atomic E-state index is 6.08. The number of benzene rings is 1. The molecule has 0 aliphatic carbocycles. The number of nitrogens with two attached hydrogens (primary N) is 1. The third-order valence-electron chi connectivity index (χ3n) is 3.35. The van der Waals surface area contributed by atoms with E-state index in [0.29, 0.717) is 11.6 Å². The number of ether oxygens (including phenoxy) is 1. The highest BCUT2D eigenvalue weighted by Crippen LogP contribution is 2.25. The SMILES string of the molecule is NCc1c(Cl)cccc1OCCCN1CCCC1. The minimum atomic E-state index is 0.418. The first kappa shape index (κ1) is 13.7. The van der Waals surface area contributed by atoms with Crippen LogP contribution in [0.1, 0.15) is 24.8 Å². The Balaban J connectivity index is 1.77. The molecule has 4 heteroatoms. The van der Waals surface area contributed by atoms with Gasteiger partial charge in [0.05, 0.1) is 6.61 Å². The van der Waals surface area contributed by atoms with Crippen LogP contribution in [0, 0.1) is 0 Å². The Morgan fingerprint density at radius 3 is 2.78 bits per heavy atom. The zero-order valence-electron chi connectivity index (χ0n) is 10.7. The van der Waals surface area contributed by atoms with Crippen LogP contribution in [-0.4, -0.2) is 31.1 Å². The van der Waals surface area contributed by atoms with Gasteiger partial charge in [0.2, 0.25) is 0 Å². The van der Waals surface area contributed by atoms with Gasteiger partial charge in [0.15, 0.2) is 0 Å². The molecular formula is C14H21ClN2O. The predicted octanol–water partition coefficient (Wildman–Crippen LogP) is 2.66. The summed E-state index contributed by atoms with van der Waals surface area (Å²) in [6.45, 7) is 4.75. The van der Waals surface area contributed by atoms with Gasteiger partial charge in [0.1, 0.15) is 5.75 Å². The fourth-order valence-electron chi connectivity index (χ4n) is 2.35. The summed E-state index contributed by atoms with van der Waals surface area (Å²) in [7, 11) is 0. The summed E-state index contributed by atoms with van der Waals surface area (Å²) in [5.74, 6) is 0.825. The maximum Gasteiger partial charge on any atom is 0.125 e. The highest BCUT2D eigenvalue weighted by Gasteiger charge is 2.11. The van der Waals surface area contributed by atoms with E-state index in [1.807, 2.05) is 18.2 Å². The van der Waals surface area contributed by atoms with Gasteiger partial charge in [0.25, 0.3) is 0 Å². The molecule has 0 bridgehead atoms. The Hall–Kier alpha value is -0.770. The van der Waals surface area contributed by atoms with Crippen molar-refractivity contribution in [3.8, 4) is 5.75 Å². The quantitative estimate of drug-likeness (QED) is 0.806. The molecule has 1 aromatic carbocycles.